The van der Waals surface area contributed by atoms with E-state index in [1.165, 1.54) is 9.14 Å². The first-order valence-electron chi connectivity index (χ1n) is 4.98. The van der Waals surface area contributed by atoms with Gasteiger partial charge in [-0.2, -0.15) is 0 Å². The van der Waals surface area contributed by atoms with Crippen LogP contribution in [0.1, 0.15) is 25.5 Å². The zero-order valence-electron chi connectivity index (χ0n) is 9.49. The second-order valence-corrected chi connectivity index (χ2v) is 8.90. The normalized spacial score (nSPS) is 12.3. The van der Waals surface area contributed by atoms with Crippen LogP contribution in [0.5, 0.6) is 0 Å². The molecule has 0 aliphatic carbocycles. The van der Waals surface area contributed by atoms with Crippen molar-refractivity contribution < 1.29 is 3.07 Å². The summed E-state index contributed by atoms with van der Waals surface area (Å²) in [5.74, 6) is 0. The van der Waals surface area contributed by atoms with E-state index in [4.69, 9.17) is 8.81 Å². The van der Waals surface area contributed by atoms with Crippen LogP contribution in [-0.4, -0.2) is 26.8 Å². The second kappa shape index (κ2) is 7.65. The molecule has 0 aliphatic heterocycles. The number of hydrogen-bond donors (Lipinski definition) is 1. The third kappa shape index (κ3) is 4.42. The number of hydrogen-bond acceptors (Lipinski definition) is 2. The van der Waals surface area contributed by atoms with Crippen LogP contribution in [0, 0.1) is 0 Å². The van der Waals surface area contributed by atoms with Gasteiger partial charge in [-0.05, 0) is 0 Å². The summed E-state index contributed by atoms with van der Waals surface area (Å²) >= 11 is -1.80. The average molecular weight is 380 g/mol. The van der Waals surface area contributed by atoms with Crippen molar-refractivity contribution in [2.24, 2.45) is 5.73 Å². The molecule has 0 fully saturated rings. The van der Waals surface area contributed by atoms with E-state index in [1.807, 2.05) is 13.0 Å². The first kappa shape index (κ1) is 15.4. The molecule has 2 nitrogen and oxygen atoms in total. The van der Waals surface area contributed by atoms with Gasteiger partial charge in [-0.1, -0.05) is 0 Å². The zero-order chi connectivity index (χ0) is 10.6. The Morgan fingerprint density at radius 1 is 1.40 bits per heavy atom. The summed E-state index contributed by atoms with van der Waals surface area (Å²) in [6.07, 6.45) is 0. The maximum atomic E-state index is 5.92. The van der Waals surface area contributed by atoms with Gasteiger partial charge in [0.05, 0.1) is 0 Å². The van der Waals surface area contributed by atoms with Crippen LogP contribution in [0.4, 0.5) is 0 Å². The fraction of sp³-hybridized carbons (Fsp3) is 0.455. The minimum absolute atomic E-state index is 0. The van der Waals surface area contributed by atoms with Crippen molar-refractivity contribution >= 4 is 40.7 Å². The number of benzene rings is 1. The van der Waals surface area contributed by atoms with Gasteiger partial charge in [-0.15, -0.1) is 17.0 Å². The molecule has 1 aromatic carbocycles. The molecular formula is C11H19BrNOSn. The molecule has 1 radical (unpaired) electrons. The summed E-state index contributed by atoms with van der Waals surface area (Å²) in [4.78, 5) is 2.26. The van der Waals surface area contributed by atoms with Crippen LogP contribution in [0.15, 0.2) is 24.3 Å². The Balaban J connectivity index is 0.00000196. The predicted octanol–water partition coefficient (Wildman–Crippen LogP) is 2.15. The van der Waals surface area contributed by atoms with Gasteiger partial charge in [0.15, 0.2) is 0 Å². The number of halogens is 1. The fourth-order valence-electron chi connectivity index (χ4n) is 1.51. The molecule has 0 heterocycles. The van der Waals surface area contributed by atoms with Crippen molar-refractivity contribution in [3.05, 3.63) is 29.8 Å². The van der Waals surface area contributed by atoms with Gasteiger partial charge < -0.3 is 0 Å². The van der Waals surface area contributed by atoms with E-state index >= 15 is 0 Å². The van der Waals surface area contributed by atoms with E-state index in [2.05, 4.69) is 30.1 Å². The Morgan fingerprint density at radius 2 is 2.00 bits per heavy atom. The molecule has 0 amide bonds. The Morgan fingerprint density at radius 3 is 2.53 bits per heavy atom. The van der Waals surface area contributed by atoms with E-state index < -0.39 is 20.2 Å². The molecule has 1 aromatic rings. The molecule has 1 unspecified atom stereocenters. The molecule has 4 heteroatoms. The van der Waals surface area contributed by atoms with Gasteiger partial charge in [-0.3, -0.25) is 0 Å². The van der Waals surface area contributed by atoms with E-state index in [0.29, 0.717) is 0 Å². The second-order valence-electron chi connectivity index (χ2n) is 3.37. The molecule has 0 saturated carbocycles. The van der Waals surface area contributed by atoms with Crippen LogP contribution in [0.25, 0.3) is 0 Å². The number of nitrogens with two attached hydrogens (primary N) is 1. The van der Waals surface area contributed by atoms with Crippen molar-refractivity contribution in [2.75, 3.05) is 6.61 Å². The van der Waals surface area contributed by atoms with Gasteiger partial charge in [-0.25, -0.2) is 0 Å². The van der Waals surface area contributed by atoms with E-state index in [1.54, 1.807) is 0 Å². The summed E-state index contributed by atoms with van der Waals surface area (Å²) in [6, 6.07) is 8.52. The number of rotatable bonds is 4. The van der Waals surface area contributed by atoms with E-state index in [9.17, 15) is 0 Å². The fourth-order valence-corrected chi connectivity index (χ4v) is 6.18. The van der Waals surface area contributed by atoms with Crippen molar-refractivity contribution in [3.8, 4) is 0 Å². The molecule has 0 spiro atoms. The van der Waals surface area contributed by atoms with Gasteiger partial charge in [0.1, 0.15) is 0 Å². The van der Waals surface area contributed by atoms with Crippen LogP contribution in [-0.2, 0) is 3.07 Å². The Kier molecular flexibility index (Phi) is 7.87. The first-order chi connectivity index (χ1) is 6.66. The average Bonchev–Trinajstić information content (AvgIpc) is 2.18. The Labute approximate surface area is 110 Å². The SMILES string of the molecule is Br.CC[O][Sn]([CH3])[c]1ccccc1C(C)N. The van der Waals surface area contributed by atoms with Gasteiger partial charge in [0.25, 0.3) is 0 Å². The van der Waals surface area contributed by atoms with Crippen molar-refractivity contribution in [3.63, 3.8) is 0 Å². The summed E-state index contributed by atoms with van der Waals surface area (Å²) in [5, 5.41) is 0. The van der Waals surface area contributed by atoms with E-state index in [0.717, 1.165) is 6.61 Å². The van der Waals surface area contributed by atoms with Gasteiger partial charge in [0, 0.05) is 0 Å². The molecule has 0 bridgehead atoms. The van der Waals surface area contributed by atoms with Crippen molar-refractivity contribution in [2.45, 2.75) is 24.8 Å². The van der Waals surface area contributed by atoms with Crippen LogP contribution in [0.3, 0.4) is 0 Å². The molecule has 1 atom stereocenters. The molecule has 0 saturated heterocycles. The summed E-state index contributed by atoms with van der Waals surface area (Å²) in [5.41, 5.74) is 7.19. The molecule has 15 heavy (non-hydrogen) atoms. The molecule has 1 rings (SSSR count). The molecule has 0 aromatic heterocycles. The minimum atomic E-state index is -1.80. The molecule has 85 valence electrons. The van der Waals surface area contributed by atoms with E-state index in [-0.39, 0.29) is 23.0 Å². The topological polar surface area (TPSA) is 35.2 Å². The maximum absolute atomic E-state index is 5.92. The molecule has 2 N–H and O–H groups in total. The third-order valence-corrected chi connectivity index (χ3v) is 7.72. The monoisotopic (exact) mass is 380 g/mol. The summed E-state index contributed by atoms with van der Waals surface area (Å²) in [6.45, 7) is 4.90. The summed E-state index contributed by atoms with van der Waals surface area (Å²) < 4.78 is 7.15. The van der Waals surface area contributed by atoms with Crippen LogP contribution < -0.4 is 9.31 Å². The quantitative estimate of drug-likeness (QED) is 0.813. The van der Waals surface area contributed by atoms with Crippen LogP contribution >= 0.6 is 17.0 Å². The van der Waals surface area contributed by atoms with Gasteiger partial charge in [0.2, 0.25) is 0 Å². The van der Waals surface area contributed by atoms with Crippen molar-refractivity contribution in [1.82, 2.24) is 0 Å². The third-order valence-electron chi connectivity index (χ3n) is 2.19. The molecular weight excluding hydrogens is 361 g/mol. The Hall–Kier alpha value is 0.419. The first-order valence-corrected chi connectivity index (χ1v) is 10.4. The molecule has 0 aliphatic rings. The predicted molar refractivity (Wildman–Crippen MR) is 72.2 cm³/mol. The standard InChI is InChI=1S/C8H10N.C2H5O.CH3.BrH.Sn/c1-7(9)8-5-3-2-4-6-8;1-2-3;;;/h2-5,7H,9H2,1H3;2H2,1H3;1H3;1H;/q;-1;;;+1. The van der Waals surface area contributed by atoms with Crippen LogP contribution in [0.2, 0.25) is 4.94 Å². The van der Waals surface area contributed by atoms with Crippen molar-refractivity contribution in [1.29, 1.82) is 0 Å². The summed E-state index contributed by atoms with van der Waals surface area (Å²) in [7, 11) is 0. The Bertz CT molecular complexity index is 294. The zero-order valence-corrected chi connectivity index (χ0v) is 14.1. The van der Waals surface area contributed by atoms with Gasteiger partial charge >= 0.3 is 93.8 Å².